The zero-order valence-corrected chi connectivity index (χ0v) is 13.2. The normalized spacial score (nSPS) is 10.8. The SMILES string of the molecule is COCCCS(=O)(=O)Nc1ccc(C)cc1C#CCCO. The van der Waals surface area contributed by atoms with Gasteiger partial charge in [0, 0.05) is 25.7 Å². The first-order chi connectivity index (χ1) is 9.98. The third-order valence-electron chi connectivity index (χ3n) is 2.66. The summed E-state index contributed by atoms with van der Waals surface area (Å²) in [6.45, 7) is 2.29. The second-order valence-corrected chi connectivity index (χ2v) is 6.43. The lowest BCUT2D eigenvalue weighted by Gasteiger charge is -2.10. The summed E-state index contributed by atoms with van der Waals surface area (Å²) < 4.78 is 31.4. The van der Waals surface area contributed by atoms with Crippen molar-refractivity contribution in [3.05, 3.63) is 29.3 Å². The van der Waals surface area contributed by atoms with E-state index in [2.05, 4.69) is 16.6 Å². The molecule has 1 rings (SSSR count). The molecular formula is C15H21NO4S. The van der Waals surface area contributed by atoms with Crippen molar-refractivity contribution in [3.63, 3.8) is 0 Å². The molecule has 0 aliphatic rings. The smallest absolute Gasteiger partial charge is 0.232 e. The first-order valence-electron chi connectivity index (χ1n) is 6.68. The van der Waals surface area contributed by atoms with Crippen LogP contribution in [0.1, 0.15) is 24.0 Å². The summed E-state index contributed by atoms with van der Waals surface area (Å²) >= 11 is 0. The Hall–Kier alpha value is -1.55. The molecule has 0 saturated heterocycles. The Morgan fingerprint density at radius 3 is 2.81 bits per heavy atom. The van der Waals surface area contributed by atoms with Gasteiger partial charge in [0.05, 0.1) is 18.0 Å². The quantitative estimate of drug-likeness (QED) is 0.591. The van der Waals surface area contributed by atoms with Crippen molar-refractivity contribution in [2.24, 2.45) is 0 Å². The Kier molecular flexibility index (Phi) is 7.23. The number of aliphatic hydroxyl groups is 1. The number of hydrogen-bond donors (Lipinski definition) is 2. The van der Waals surface area contributed by atoms with Crippen LogP contribution in [0.5, 0.6) is 0 Å². The molecule has 0 bridgehead atoms. The first kappa shape index (κ1) is 17.5. The highest BCUT2D eigenvalue weighted by Gasteiger charge is 2.12. The maximum absolute atomic E-state index is 12.0. The summed E-state index contributed by atoms with van der Waals surface area (Å²) in [4.78, 5) is 0. The van der Waals surface area contributed by atoms with Crippen molar-refractivity contribution in [1.82, 2.24) is 0 Å². The van der Waals surface area contributed by atoms with E-state index in [1.54, 1.807) is 6.07 Å². The Balaban J connectivity index is 2.90. The number of aryl methyl sites for hydroxylation is 1. The number of sulfonamides is 1. The summed E-state index contributed by atoms with van der Waals surface area (Å²) in [5.41, 5.74) is 2.06. The monoisotopic (exact) mass is 311 g/mol. The highest BCUT2D eigenvalue weighted by atomic mass is 32.2. The fourth-order valence-electron chi connectivity index (χ4n) is 1.68. The molecule has 6 heteroatoms. The maximum Gasteiger partial charge on any atom is 0.232 e. The molecule has 116 valence electrons. The van der Waals surface area contributed by atoms with Crippen molar-refractivity contribution in [2.45, 2.75) is 19.8 Å². The third-order valence-corrected chi connectivity index (χ3v) is 4.02. The van der Waals surface area contributed by atoms with Crippen molar-refractivity contribution in [1.29, 1.82) is 0 Å². The predicted octanol–water partition coefficient (Wildman–Crippen LogP) is 1.51. The lowest BCUT2D eigenvalue weighted by atomic mass is 10.1. The van der Waals surface area contributed by atoms with Crippen LogP contribution in [-0.4, -0.2) is 39.6 Å². The van der Waals surface area contributed by atoms with E-state index in [4.69, 9.17) is 9.84 Å². The lowest BCUT2D eigenvalue weighted by Crippen LogP contribution is -2.18. The Labute approximate surface area is 126 Å². The molecule has 21 heavy (non-hydrogen) atoms. The lowest BCUT2D eigenvalue weighted by molar-refractivity contribution is 0.199. The number of aliphatic hydroxyl groups excluding tert-OH is 1. The topological polar surface area (TPSA) is 75.6 Å². The van der Waals surface area contributed by atoms with E-state index in [1.165, 1.54) is 7.11 Å². The van der Waals surface area contributed by atoms with Gasteiger partial charge in [0.2, 0.25) is 10.0 Å². The van der Waals surface area contributed by atoms with Crippen LogP contribution in [-0.2, 0) is 14.8 Å². The number of hydrogen-bond acceptors (Lipinski definition) is 4. The van der Waals surface area contributed by atoms with Crippen LogP contribution in [0.4, 0.5) is 5.69 Å². The standard InChI is InChI=1S/C15H21NO4S/c1-13-7-8-15(14(12-13)6-3-4-9-17)16-21(18,19)11-5-10-20-2/h7-8,12,16-17H,4-5,9-11H2,1-2H3. The molecule has 0 saturated carbocycles. The Bertz CT molecular complexity index is 614. The summed E-state index contributed by atoms with van der Waals surface area (Å²) in [5, 5.41) is 8.75. The molecule has 0 unspecified atom stereocenters. The van der Waals surface area contributed by atoms with Crippen LogP contribution in [0.25, 0.3) is 0 Å². The highest BCUT2D eigenvalue weighted by Crippen LogP contribution is 2.18. The average molecular weight is 311 g/mol. The fourth-order valence-corrected chi connectivity index (χ4v) is 2.79. The molecule has 0 aromatic heterocycles. The Morgan fingerprint density at radius 1 is 1.38 bits per heavy atom. The van der Waals surface area contributed by atoms with Crippen LogP contribution in [0.15, 0.2) is 18.2 Å². The molecule has 0 aliphatic carbocycles. The minimum Gasteiger partial charge on any atom is -0.395 e. The molecule has 0 atom stereocenters. The van der Waals surface area contributed by atoms with E-state index in [0.29, 0.717) is 30.7 Å². The van der Waals surface area contributed by atoms with Crippen molar-refractivity contribution >= 4 is 15.7 Å². The molecule has 1 aromatic carbocycles. The summed E-state index contributed by atoms with van der Waals surface area (Å²) in [6, 6.07) is 5.34. The second kappa shape index (κ2) is 8.67. The van der Waals surface area contributed by atoms with E-state index in [1.807, 2.05) is 19.1 Å². The third kappa shape index (κ3) is 6.63. The minimum atomic E-state index is -3.42. The largest absolute Gasteiger partial charge is 0.395 e. The van der Waals surface area contributed by atoms with E-state index in [-0.39, 0.29) is 12.4 Å². The number of nitrogens with one attached hydrogen (secondary N) is 1. The van der Waals surface area contributed by atoms with Crippen molar-refractivity contribution < 1.29 is 18.3 Å². The van der Waals surface area contributed by atoms with Gasteiger partial charge in [-0.1, -0.05) is 17.9 Å². The van der Waals surface area contributed by atoms with Gasteiger partial charge >= 0.3 is 0 Å². The van der Waals surface area contributed by atoms with Gasteiger partial charge in [-0.05, 0) is 31.0 Å². The van der Waals surface area contributed by atoms with Crippen LogP contribution >= 0.6 is 0 Å². The number of rotatable bonds is 7. The van der Waals surface area contributed by atoms with Crippen molar-refractivity contribution in [2.75, 3.05) is 30.8 Å². The molecule has 0 heterocycles. The van der Waals surface area contributed by atoms with Crippen LogP contribution in [0.3, 0.4) is 0 Å². The van der Waals surface area contributed by atoms with Gasteiger partial charge in [0.15, 0.2) is 0 Å². The van der Waals surface area contributed by atoms with Gasteiger partial charge in [0.1, 0.15) is 0 Å². The molecule has 5 nitrogen and oxygen atoms in total. The zero-order chi connectivity index (χ0) is 15.7. The van der Waals surface area contributed by atoms with Crippen LogP contribution in [0.2, 0.25) is 0 Å². The average Bonchev–Trinajstić information content (AvgIpc) is 2.42. The van der Waals surface area contributed by atoms with Gasteiger partial charge in [0.25, 0.3) is 0 Å². The molecular weight excluding hydrogens is 290 g/mol. The van der Waals surface area contributed by atoms with Gasteiger partial charge in [-0.25, -0.2) is 8.42 Å². The molecule has 0 aliphatic heterocycles. The van der Waals surface area contributed by atoms with Gasteiger partial charge in [-0.3, -0.25) is 4.72 Å². The molecule has 0 radical (unpaired) electrons. The second-order valence-electron chi connectivity index (χ2n) is 4.59. The molecule has 0 spiro atoms. The van der Waals surface area contributed by atoms with E-state index in [0.717, 1.165) is 5.56 Å². The summed E-state index contributed by atoms with van der Waals surface area (Å²) in [6.07, 6.45) is 0.789. The number of anilines is 1. The maximum atomic E-state index is 12.0. The molecule has 1 aromatic rings. The van der Waals surface area contributed by atoms with E-state index in [9.17, 15) is 8.42 Å². The van der Waals surface area contributed by atoms with Gasteiger partial charge in [-0.15, -0.1) is 0 Å². The first-order valence-corrected chi connectivity index (χ1v) is 8.33. The fraction of sp³-hybridized carbons (Fsp3) is 0.467. The number of benzene rings is 1. The number of methoxy groups -OCH3 is 1. The van der Waals surface area contributed by atoms with E-state index < -0.39 is 10.0 Å². The van der Waals surface area contributed by atoms with Crippen LogP contribution < -0.4 is 4.72 Å². The minimum absolute atomic E-state index is 0.00176. The Morgan fingerprint density at radius 2 is 2.14 bits per heavy atom. The molecule has 0 fully saturated rings. The predicted molar refractivity (Wildman–Crippen MR) is 83.7 cm³/mol. The molecule has 2 N–H and O–H groups in total. The summed E-state index contributed by atoms with van der Waals surface area (Å²) in [7, 11) is -1.88. The van der Waals surface area contributed by atoms with E-state index >= 15 is 0 Å². The van der Waals surface area contributed by atoms with Crippen molar-refractivity contribution in [3.8, 4) is 11.8 Å². The van der Waals surface area contributed by atoms with Crippen LogP contribution in [0, 0.1) is 18.8 Å². The zero-order valence-electron chi connectivity index (χ0n) is 12.3. The molecule has 0 amide bonds. The highest BCUT2D eigenvalue weighted by molar-refractivity contribution is 7.92. The van der Waals surface area contributed by atoms with Gasteiger partial charge in [-0.2, -0.15) is 0 Å². The van der Waals surface area contributed by atoms with Gasteiger partial charge < -0.3 is 9.84 Å². The number of ether oxygens (including phenoxy) is 1. The summed E-state index contributed by atoms with van der Waals surface area (Å²) in [5.74, 6) is 5.68.